The maximum atomic E-state index is 5.23. The summed E-state index contributed by atoms with van der Waals surface area (Å²) in [4.78, 5) is 4.65. The molecule has 0 radical (unpaired) electrons. The molecule has 0 heterocycles. The lowest BCUT2D eigenvalue weighted by atomic mass is 10.1. The van der Waals surface area contributed by atoms with Crippen molar-refractivity contribution in [2.75, 3.05) is 13.7 Å². The largest absolute Gasteiger partial charge is 0.380 e. The summed E-state index contributed by atoms with van der Waals surface area (Å²) in [6.07, 6.45) is 1.07. The van der Waals surface area contributed by atoms with E-state index in [1.165, 1.54) is 11.1 Å². The maximum Gasteiger partial charge on any atom is 0.191 e. The van der Waals surface area contributed by atoms with Crippen molar-refractivity contribution in [1.29, 1.82) is 0 Å². The molecule has 0 aromatic heterocycles. The Hall–Kier alpha value is -1.55. The van der Waals surface area contributed by atoms with Crippen LogP contribution in [-0.4, -0.2) is 25.7 Å². The minimum absolute atomic E-state index is 0.419. The van der Waals surface area contributed by atoms with Gasteiger partial charge in [-0.1, -0.05) is 31.2 Å². The van der Waals surface area contributed by atoms with E-state index in [0.29, 0.717) is 19.2 Å². The summed E-state index contributed by atoms with van der Waals surface area (Å²) in [6, 6.07) is 8.68. The second kappa shape index (κ2) is 9.37. The Kier molecular flexibility index (Phi) is 7.73. The van der Waals surface area contributed by atoms with Gasteiger partial charge in [-0.05, 0) is 31.4 Å². The minimum Gasteiger partial charge on any atom is -0.380 e. The molecule has 1 rings (SSSR count). The molecule has 0 aliphatic heterocycles. The Morgan fingerprint density at radius 2 is 1.95 bits per heavy atom. The number of ether oxygens (including phenoxy) is 1. The van der Waals surface area contributed by atoms with Gasteiger partial charge in [0, 0.05) is 19.7 Å². The highest BCUT2D eigenvalue weighted by Gasteiger charge is 2.04. The van der Waals surface area contributed by atoms with Gasteiger partial charge in [0.1, 0.15) is 0 Å². The van der Waals surface area contributed by atoms with E-state index in [1.807, 2.05) is 12.1 Å². The number of benzene rings is 1. The molecule has 4 heteroatoms. The molecule has 0 spiro atoms. The molecule has 0 aliphatic rings. The van der Waals surface area contributed by atoms with Gasteiger partial charge in [0.15, 0.2) is 5.96 Å². The van der Waals surface area contributed by atoms with Crippen LogP contribution in [0.3, 0.4) is 0 Å². The van der Waals surface area contributed by atoms with Crippen molar-refractivity contribution in [3.8, 4) is 0 Å². The van der Waals surface area contributed by atoms with Crippen LogP contribution in [0.2, 0.25) is 0 Å². The number of nitrogens with zero attached hydrogens (tertiary/aromatic N) is 1. The molecule has 1 unspecified atom stereocenters. The molecule has 0 amide bonds. The SMILES string of the molecule is CCNC(=NCc1ccccc1COC)NC(C)CC. The zero-order valence-electron chi connectivity index (χ0n) is 13.1. The van der Waals surface area contributed by atoms with E-state index >= 15 is 0 Å². The number of hydrogen-bond acceptors (Lipinski definition) is 2. The number of guanidine groups is 1. The van der Waals surface area contributed by atoms with E-state index in [2.05, 4.69) is 48.5 Å². The smallest absolute Gasteiger partial charge is 0.191 e. The minimum atomic E-state index is 0.419. The summed E-state index contributed by atoms with van der Waals surface area (Å²) in [7, 11) is 1.72. The zero-order valence-corrected chi connectivity index (χ0v) is 13.1. The number of hydrogen-bond donors (Lipinski definition) is 2. The number of nitrogens with one attached hydrogen (secondary N) is 2. The molecule has 2 N–H and O–H groups in total. The summed E-state index contributed by atoms with van der Waals surface area (Å²) >= 11 is 0. The maximum absolute atomic E-state index is 5.23. The number of aliphatic imine (C=N–C) groups is 1. The lowest BCUT2D eigenvalue weighted by Crippen LogP contribution is -2.41. The quantitative estimate of drug-likeness (QED) is 0.595. The van der Waals surface area contributed by atoms with Crippen LogP contribution in [0.4, 0.5) is 0 Å². The standard InChI is InChI=1S/C16H27N3O/c1-5-13(3)19-16(17-6-2)18-11-14-9-7-8-10-15(14)12-20-4/h7-10,13H,5-6,11-12H2,1-4H3,(H2,17,18,19). The first-order chi connectivity index (χ1) is 9.71. The van der Waals surface area contributed by atoms with Crippen LogP contribution < -0.4 is 10.6 Å². The van der Waals surface area contributed by atoms with Crippen LogP contribution in [0.5, 0.6) is 0 Å². The molecule has 0 saturated carbocycles. The summed E-state index contributed by atoms with van der Waals surface area (Å²) in [6.45, 7) is 8.54. The molecule has 0 saturated heterocycles. The Morgan fingerprint density at radius 1 is 1.25 bits per heavy atom. The van der Waals surface area contributed by atoms with Gasteiger partial charge in [0.25, 0.3) is 0 Å². The van der Waals surface area contributed by atoms with Gasteiger partial charge in [-0.2, -0.15) is 0 Å². The highest BCUT2D eigenvalue weighted by Crippen LogP contribution is 2.11. The third-order valence-corrected chi connectivity index (χ3v) is 3.17. The molecule has 1 atom stereocenters. The molecule has 20 heavy (non-hydrogen) atoms. The Morgan fingerprint density at radius 3 is 2.55 bits per heavy atom. The number of methoxy groups -OCH3 is 1. The van der Waals surface area contributed by atoms with E-state index in [1.54, 1.807) is 7.11 Å². The van der Waals surface area contributed by atoms with Crippen LogP contribution in [-0.2, 0) is 17.9 Å². The van der Waals surface area contributed by atoms with Crippen LogP contribution in [0.25, 0.3) is 0 Å². The second-order valence-corrected chi connectivity index (χ2v) is 4.85. The first-order valence-corrected chi connectivity index (χ1v) is 7.31. The average molecular weight is 277 g/mol. The molecule has 0 bridgehead atoms. The third kappa shape index (κ3) is 5.61. The van der Waals surface area contributed by atoms with E-state index in [9.17, 15) is 0 Å². The lowest BCUT2D eigenvalue weighted by molar-refractivity contribution is 0.184. The highest BCUT2D eigenvalue weighted by molar-refractivity contribution is 5.80. The lowest BCUT2D eigenvalue weighted by Gasteiger charge is -2.16. The predicted molar refractivity (Wildman–Crippen MR) is 84.9 cm³/mol. The fourth-order valence-corrected chi connectivity index (χ4v) is 1.83. The van der Waals surface area contributed by atoms with Crippen molar-refractivity contribution in [2.45, 2.75) is 46.4 Å². The summed E-state index contributed by atoms with van der Waals surface area (Å²) in [5, 5.41) is 6.67. The number of rotatable bonds is 7. The summed E-state index contributed by atoms with van der Waals surface area (Å²) in [5.41, 5.74) is 2.40. The summed E-state index contributed by atoms with van der Waals surface area (Å²) < 4.78 is 5.23. The van der Waals surface area contributed by atoms with Crippen molar-refractivity contribution < 1.29 is 4.74 Å². The van der Waals surface area contributed by atoms with Crippen molar-refractivity contribution in [3.63, 3.8) is 0 Å². The van der Waals surface area contributed by atoms with Crippen LogP contribution in [0, 0.1) is 0 Å². The molecule has 0 aliphatic carbocycles. The molecule has 4 nitrogen and oxygen atoms in total. The fourth-order valence-electron chi connectivity index (χ4n) is 1.83. The Balaban J connectivity index is 2.75. The first-order valence-electron chi connectivity index (χ1n) is 7.31. The van der Waals surface area contributed by atoms with E-state index < -0.39 is 0 Å². The zero-order chi connectivity index (χ0) is 14.8. The van der Waals surface area contributed by atoms with Gasteiger partial charge >= 0.3 is 0 Å². The highest BCUT2D eigenvalue weighted by atomic mass is 16.5. The fraction of sp³-hybridized carbons (Fsp3) is 0.562. The Labute approximate surface area is 122 Å². The molecular formula is C16H27N3O. The van der Waals surface area contributed by atoms with Gasteiger partial charge in [0.05, 0.1) is 13.2 Å². The predicted octanol–water partition coefficient (Wildman–Crippen LogP) is 2.69. The van der Waals surface area contributed by atoms with Gasteiger partial charge in [-0.15, -0.1) is 0 Å². The van der Waals surface area contributed by atoms with Crippen molar-refractivity contribution in [2.24, 2.45) is 4.99 Å². The average Bonchev–Trinajstić information content (AvgIpc) is 2.46. The second-order valence-electron chi connectivity index (χ2n) is 4.85. The van der Waals surface area contributed by atoms with Gasteiger partial charge in [-0.3, -0.25) is 0 Å². The monoisotopic (exact) mass is 277 g/mol. The van der Waals surface area contributed by atoms with Crippen molar-refractivity contribution in [1.82, 2.24) is 10.6 Å². The van der Waals surface area contributed by atoms with Crippen LogP contribution >= 0.6 is 0 Å². The van der Waals surface area contributed by atoms with E-state index in [4.69, 9.17) is 4.74 Å². The Bertz CT molecular complexity index is 418. The van der Waals surface area contributed by atoms with Crippen molar-refractivity contribution >= 4 is 5.96 Å². The van der Waals surface area contributed by atoms with E-state index in [0.717, 1.165) is 18.9 Å². The van der Waals surface area contributed by atoms with Gasteiger partial charge in [-0.25, -0.2) is 4.99 Å². The van der Waals surface area contributed by atoms with Crippen LogP contribution in [0.1, 0.15) is 38.3 Å². The molecule has 1 aromatic carbocycles. The third-order valence-electron chi connectivity index (χ3n) is 3.17. The van der Waals surface area contributed by atoms with Gasteiger partial charge < -0.3 is 15.4 Å². The molecule has 1 aromatic rings. The topological polar surface area (TPSA) is 45.7 Å². The first kappa shape index (κ1) is 16.5. The van der Waals surface area contributed by atoms with Gasteiger partial charge in [0.2, 0.25) is 0 Å². The van der Waals surface area contributed by atoms with Crippen molar-refractivity contribution in [3.05, 3.63) is 35.4 Å². The van der Waals surface area contributed by atoms with E-state index in [-0.39, 0.29) is 0 Å². The molecule has 112 valence electrons. The van der Waals surface area contributed by atoms with Crippen LogP contribution in [0.15, 0.2) is 29.3 Å². The molecule has 0 fully saturated rings. The normalized spacial score (nSPS) is 13.1. The summed E-state index contributed by atoms with van der Waals surface area (Å²) in [5.74, 6) is 0.870. The molecular weight excluding hydrogens is 250 g/mol.